The molecule has 0 fully saturated rings. The molecule has 0 saturated heterocycles. The Morgan fingerprint density at radius 3 is 1.91 bits per heavy atom. The summed E-state index contributed by atoms with van der Waals surface area (Å²) in [5.74, 6) is -0.371. The monoisotopic (exact) mass is 424 g/mol. The molecule has 4 aromatic carbocycles. The minimum atomic E-state index is -0.508. The van der Waals surface area contributed by atoms with Crippen LogP contribution in [0.1, 0.15) is 10.4 Å². The number of anilines is 5. The summed E-state index contributed by atoms with van der Waals surface area (Å²) in [5, 5.41) is 14.8. The number of nitrogens with one attached hydrogen (secondary N) is 1. The molecule has 0 aromatic heterocycles. The molecule has 4 rings (SSSR count). The third kappa shape index (κ3) is 4.41. The zero-order valence-electron chi connectivity index (χ0n) is 17.0. The van der Waals surface area contributed by atoms with E-state index in [1.165, 1.54) is 17.0 Å². The van der Waals surface area contributed by atoms with Gasteiger partial charge in [0.25, 0.3) is 11.6 Å². The van der Waals surface area contributed by atoms with Gasteiger partial charge in [0.15, 0.2) is 0 Å². The standard InChI is InChI=1S/C25H20N4O3/c26-19-12-14-20(15-13-19)27-23-16-11-18(17-24(23)29(31)32)25(30)28(21-7-3-1-4-8-21)22-9-5-2-6-10-22/h1-17,27H,26H2. The first-order chi connectivity index (χ1) is 15.5. The number of rotatable bonds is 6. The van der Waals surface area contributed by atoms with Crippen molar-refractivity contribution in [3.8, 4) is 0 Å². The normalized spacial score (nSPS) is 10.4. The van der Waals surface area contributed by atoms with Crippen LogP contribution >= 0.6 is 0 Å². The van der Waals surface area contributed by atoms with Crippen molar-refractivity contribution in [2.45, 2.75) is 0 Å². The van der Waals surface area contributed by atoms with Crippen LogP contribution in [0.15, 0.2) is 103 Å². The molecular formula is C25H20N4O3. The van der Waals surface area contributed by atoms with E-state index >= 15 is 0 Å². The maximum Gasteiger partial charge on any atom is 0.293 e. The number of hydrogen-bond donors (Lipinski definition) is 2. The Hall–Kier alpha value is -4.65. The van der Waals surface area contributed by atoms with Crippen molar-refractivity contribution in [1.29, 1.82) is 0 Å². The molecule has 3 N–H and O–H groups in total. The van der Waals surface area contributed by atoms with E-state index in [2.05, 4.69) is 5.32 Å². The van der Waals surface area contributed by atoms with Crippen LogP contribution in [-0.4, -0.2) is 10.8 Å². The van der Waals surface area contributed by atoms with Crippen molar-refractivity contribution in [3.05, 3.63) is 119 Å². The fraction of sp³-hybridized carbons (Fsp3) is 0. The minimum Gasteiger partial charge on any atom is -0.399 e. The number of nitro benzene ring substituents is 1. The van der Waals surface area contributed by atoms with Crippen LogP contribution in [0.2, 0.25) is 0 Å². The predicted molar refractivity (Wildman–Crippen MR) is 127 cm³/mol. The molecule has 7 heteroatoms. The topological polar surface area (TPSA) is 102 Å². The summed E-state index contributed by atoms with van der Waals surface area (Å²) in [6.45, 7) is 0. The van der Waals surface area contributed by atoms with Crippen molar-refractivity contribution in [2.24, 2.45) is 0 Å². The van der Waals surface area contributed by atoms with Gasteiger partial charge < -0.3 is 11.1 Å². The van der Waals surface area contributed by atoms with E-state index < -0.39 is 4.92 Å². The summed E-state index contributed by atoms with van der Waals surface area (Å²) in [6, 6.07) is 29.6. The third-order valence-corrected chi connectivity index (χ3v) is 4.86. The van der Waals surface area contributed by atoms with Gasteiger partial charge in [0.05, 0.1) is 4.92 Å². The lowest BCUT2D eigenvalue weighted by atomic mass is 10.1. The number of nitrogen functional groups attached to an aromatic ring is 1. The quantitative estimate of drug-likeness (QED) is 0.228. The van der Waals surface area contributed by atoms with Crippen molar-refractivity contribution in [1.82, 2.24) is 0 Å². The van der Waals surface area contributed by atoms with Gasteiger partial charge in [0.1, 0.15) is 5.69 Å². The summed E-state index contributed by atoms with van der Waals surface area (Å²) in [6.07, 6.45) is 0. The van der Waals surface area contributed by atoms with Crippen molar-refractivity contribution >= 4 is 40.0 Å². The second-order valence-electron chi connectivity index (χ2n) is 7.05. The highest BCUT2D eigenvalue weighted by Gasteiger charge is 2.23. The number of nitrogens with two attached hydrogens (primary N) is 1. The van der Waals surface area contributed by atoms with Gasteiger partial charge in [-0.05, 0) is 60.7 Å². The zero-order valence-corrected chi connectivity index (χ0v) is 17.0. The van der Waals surface area contributed by atoms with E-state index in [9.17, 15) is 14.9 Å². The first-order valence-corrected chi connectivity index (χ1v) is 9.88. The van der Waals surface area contributed by atoms with Crippen LogP contribution in [0.25, 0.3) is 0 Å². The number of nitro groups is 1. The van der Waals surface area contributed by atoms with Crippen molar-refractivity contribution in [3.63, 3.8) is 0 Å². The second kappa shape index (κ2) is 9.01. The fourth-order valence-electron chi connectivity index (χ4n) is 3.31. The van der Waals surface area contributed by atoms with E-state index in [0.717, 1.165) is 0 Å². The first-order valence-electron chi connectivity index (χ1n) is 9.88. The summed E-state index contributed by atoms with van der Waals surface area (Å²) < 4.78 is 0. The van der Waals surface area contributed by atoms with Gasteiger partial charge in [-0.2, -0.15) is 0 Å². The Balaban J connectivity index is 1.72. The summed E-state index contributed by atoms with van der Waals surface area (Å²) in [7, 11) is 0. The molecule has 0 aliphatic rings. The zero-order chi connectivity index (χ0) is 22.5. The highest BCUT2D eigenvalue weighted by molar-refractivity contribution is 6.11. The Morgan fingerprint density at radius 2 is 1.38 bits per heavy atom. The Bertz CT molecular complexity index is 1200. The lowest BCUT2D eigenvalue weighted by Gasteiger charge is -2.23. The molecule has 0 radical (unpaired) electrons. The molecule has 0 bridgehead atoms. The number of carbonyl (C=O) groups excluding carboxylic acids is 1. The Kier molecular flexibility index (Phi) is 5.81. The van der Waals surface area contributed by atoms with Gasteiger partial charge in [-0.1, -0.05) is 36.4 Å². The lowest BCUT2D eigenvalue weighted by molar-refractivity contribution is -0.383. The van der Waals surface area contributed by atoms with Gasteiger partial charge in [-0.3, -0.25) is 19.8 Å². The van der Waals surface area contributed by atoms with Gasteiger partial charge in [-0.15, -0.1) is 0 Å². The molecule has 32 heavy (non-hydrogen) atoms. The number of carbonyl (C=O) groups is 1. The molecule has 0 saturated carbocycles. The number of amides is 1. The smallest absolute Gasteiger partial charge is 0.293 e. The average molecular weight is 424 g/mol. The highest BCUT2D eigenvalue weighted by Crippen LogP contribution is 2.32. The summed E-state index contributed by atoms with van der Waals surface area (Å²) in [4.78, 5) is 26.3. The van der Waals surface area contributed by atoms with Crippen molar-refractivity contribution in [2.75, 3.05) is 16.0 Å². The van der Waals surface area contributed by atoms with Crippen LogP contribution in [0.3, 0.4) is 0 Å². The fourth-order valence-corrected chi connectivity index (χ4v) is 3.31. The van der Waals surface area contributed by atoms with Gasteiger partial charge in [-0.25, -0.2) is 0 Å². The van der Waals surface area contributed by atoms with Crippen molar-refractivity contribution < 1.29 is 9.72 Å². The van der Waals surface area contributed by atoms with Crippen LogP contribution in [0.5, 0.6) is 0 Å². The maximum atomic E-state index is 13.5. The first kappa shape index (κ1) is 20.6. The van der Waals surface area contributed by atoms with E-state index in [-0.39, 0.29) is 22.8 Å². The van der Waals surface area contributed by atoms with Crippen LogP contribution in [0, 0.1) is 10.1 Å². The number of benzene rings is 4. The van der Waals surface area contributed by atoms with Crippen LogP contribution in [0.4, 0.5) is 34.1 Å². The lowest BCUT2D eigenvalue weighted by Crippen LogP contribution is -2.26. The molecule has 158 valence electrons. The molecule has 1 amide bonds. The van der Waals surface area contributed by atoms with Crippen LogP contribution < -0.4 is 16.0 Å². The van der Waals surface area contributed by atoms with E-state index in [0.29, 0.717) is 22.7 Å². The predicted octanol–water partition coefficient (Wildman–Crippen LogP) is 5.90. The van der Waals surface area contributed by atoms with Gasteiger partial charge >= 0.3 is 0 Å². The molecule has 0 heterocycles. The molecule has 0 aliphatic carbocycles. The number of para-hydroxylation sites is 2. The molecule has 4 aromatic rings. The SMILES string of the molecule is Nc1ccc(Nc2ccc(C(=O)N(c3ccccc3)c3ccccc3)cc2[N+](=O)[O-])cc1. The van der Waals surface area contributed by atoms with Crippen LogP contribution in [-0.2, 0) is 0 Å². The minimum absolute atomic E-state index is 0.200. The summed E-state index contributed by atoms with van der Waals surface area (Å²) in [5.41, 5.74) is 8.54. The Morgan fingerprint density at radius 1 is 0.812 bits per heavy atom. The molecular weight excluding hydrogens is 404 g/mol. The molecule has 0 unspecified atom stereocenters. The molecule has 0 spiro atoms. The molecule has 7 nitrogen and oxygen atoms in total. The average Bonchev–Trinajstić information content (AvgIpc) is 2.82. The van der Waals surface area contributed by atoms with E-state index in [1.807, 2.05) is 60.7 Å². The summed E-state index contributed by atoms with van der Waals surface area (Å²) >= 11 is 0. The number of hydrogen-bond acceptors (Lipinski definition) is 5. The van der Waals surface area contributed by atoms with E-state index in [1.54, 1.807) is 30.3 Å². The largest absolute Gasteiger partial charge is 0.399 e. The van der Waals surface area contributed by atoms with Gasteiger partial charge in [0, 0.05) is 34.4 Å². The second-order valence-corrected chi connectivity index (χ2v) is 7.05. The van der Waals surface area contributed by atoms with E-state index in [4.69, 9.17) is 5.73 Å². The van der Waals surface area contributed by atoms with Gasteiger partial charge in [0.2, 0.25) is 0 Å². The third-order valence-electron chi connectivity index (χ3n) is 4.86. The highest BCUT2D eigenvalue weighted by atomic mass is 16.6. The maximum absolute atomic E-state index is 13.5. The molecule has 0 atom stereocenters. The number of nitrogens with zero attached hydrogens (tertiary/aromatic N) is 2. The molecule has 0 aliphatic heterocycles. The Labute approximate surface area is 184 Å².